The van der Waals surface area contributed by atoms with Crippen LogP contribution in [0.2, 0.25) is 0 Å². The molecular weight excluding hydrogens is 208 g/mol. The average Bonchev–Trinajstić information content (AvgIpc) is 2.78. The van der Waals surface area contributed by atoms with E-state index in [1.807, 2.05) is 50.2 Å². The molecule has 0 aromatic heterocycles. The van der Waals surface area contributed by atoms with Crippen LogP contribution in [-0.2, 0) is 0 Å². The molecule has 90 valence electrons. The van der Waals surface area contributed by atoms with E-state index in [0.717, 1.165) is 22.3 Å². The zero-order valence-electron chi connectivity index (χ0n) is 11.6. The molecule has 0 bridgehead atoms. The third-order valence-electron chi connectivity index (χ3n) is 2.80. The van der Waals surface area contributed by atoms with Crippen molar-refractivity contribution in [2.45, 2.75) is 27.4 Å². The fourth-order valence-corrected chi connectivity index (χ4v) is 2.13. The van der Waals surface area contributed by atoms with E-state index >= 15 is 0 Å². The molecule has 1 N–H and O–H groups in total. The molecule has 0 radical (unpaired) electrons. The van der Waals surface area contributed by atoms with E-state index in [1.54, 1.807) is 0 Å². The highest BCUT2D eigenvalue weighted by atomic mass is 16.3. The summed E-state index contributed by atoms with van der Waals surface area (Å²) in [7, 11) is 1.25. The largest absolute Gasteiger partial charge is 0.384 e. The van der Waals surface area contributed by atoms with Gasteiger partial charge >= 0.3 is 0 Å². The number of aliphatic hydroxyl groups excluding tert-OH is 1. The molecule has 0 saturated carbocycles. The Balaban J connectivity index is 0.000000371. The van der Waals surface area contributed by atoms with Gasteiger partial charge in [0.15, 0.2) is 0 Å². The van der Waals surface area contributed by atoms with Gasteiger partial charge in [0.1, 0.15) is 6.10 Å². The first kappa shape index (κ1) is 11.9. The summed E-state index contributed by atoms with van der Waals surface area (Å²) >= 11 is 0. The molecule has 0 unspecified atom stereocenters. The number of aliphatic hydroxyl groups is 1. The lowest BCUT2D eigenvalue weighted by atomic mass is 10.1. The zero-order chi connectivity index (χ0) is 13.5. The van der Waals surface area contributed by atoms with Crippen LogP contribution in [0.15, 0.2) is 48.5 Å². The molecule has 0 amide bonds. The summed E-state index contributed by atoms with van der Waals surface area (Å²) in [6, 6.07) is 16.0. The Morgan fingerprint density at radius 3 is 1.65 bits per heavy atom. The smallest absolute Gasteiger partial charge is 0.105 e. The fraction of sp³-hybridized carbons (Fsp3) is 0.250. The van der Waals surface area contributed by atoms with E-state index in [0.29, 0.717) is 0 Å². The Bertz CT molecular complexity index is 448. The molecule has 0 atom stereocenters. The van der Waals surface area contributed by atoms with Gasteiger partial charge < -0.3 is 5.11 Å². The molecule has 0 saturated heterocycles. The maximum Gasteiger partial charge on any atom is 0.105 e. The maximum absolute atomic E-state index is 10.0. The van der Waals surface area contributed by atoms with Crippen LogP contribution in [0.3, 0.4) is 0 Å². The summed E-state index contributed by atoms with van der Waals surface area (Å²) in [6.07, 6.45) is -0.442. The summed E-state index contributed by atoms with van der Waals surface area (Å²) < 4.78 is 5.75. The molecule has 1 aliphatic carbocycles. The number of fused-ring (bicyclic) bond motifs is 3. The van der Waals surface area contributed by atoms with Gasteiger partial charge in [-0.05, 0) is 22.3 Å². The number of rotatable bonds is 0. The van der Waals surface area contributed by atoms with Crippen LogP contribution >= 0.6 is 0 Å². The van der Waals surface area contributed by atoms with Crippen LogP contribution in [0.5, 0.6) is 0 Å². The minimum Gasteiger partial charge on any atom is -0.384 e. The first-order chi connectivity index (χ1) is 8.88. The summed E-state index contributed by atoms with van der Waals surface area (Å²) in [5.41, 5.74) is 4.37. The summed E-state index contributed by atoms with van der Waals surface area (Å²) in [5, 5.41) is 10.0. The van der Waals surface area contributed by atoms with Gasteiger partial charge in [-0.3, -0.25) is 0 Å². The van der Waals surface area contributed by atoms with Crippen molar-refractivity contribution in [3.8, 4) is 11.1 Å². The van der Waals surface area contributed by atoms with Crippen molar-refractivity contribution in [1.29, 1.82) is 0 Å². The maximum atomic E-state index is 10.0. The van der Waals surface area contributed by atoms with Gasteiger partial charge in [-0.25, -0.2) is 0 Å². The van der Waals surface area contributed by atoms with E-state index in [4.69, 9.17) is 1.37 Å². The van der Waals surface area contributed by atoms with Crippen LogP contribution < -0.4 is 0 Å². The third-order valence-corrected chi connectivity index (χ3v) is 2.80. The van der Waals surface area contributed by atoms with E-state index < -0.39 is 6.10 Å². The lowest BCUT2D eigenvalue weighted by Gasteiger charge is -2.03. The van der Waals surface area contributed by atoms with E-state index in [-0.39, 0.29) is 0 Å². The van der Waals surface area contributed by atoms with E-state index in [9.17, 15) is 5.11 Å². The standard InChI is InChI=1S/C13H10O.C2H6.CH4/c14-13-11-7-3-1-5-9(11)10-6-2-4-8-12(10)13;1-2;/h1-8,13-14H;1-2H3;1H4/i;;1D. The van der Waals surface area contributed by atoms with Gasteiger partial charge in [0, 0.05) is 1.37 Å². The van der Waals surface area contributed by atoms with Crippen molar-refractivity contribution in [1.82, 2.24) is 0 Å². The lowest BCUT2D eigenvalue weighted by Crippen LogP contribution is -1.92. The second-order valence-corrected chi connectivity index (χ2v) is 3.58. The van der Waals surface area contributed by atoms with Crippen LogP contribution in [-0.4, -0.2) is 5.11 Å². The predicted octanol–water partition coefficient (Wildman–Crippen LogP) is 4.41. The normalized spacial score (nSPS) is 12.1. The van der Waals surface area contributed by atoms with Gasteiger partial charge in [-0.2, -0.15) is 0 Å². The molecule has 3 rings (SSSR count). The van der Waals surface area contributed by atoms with E-state index in [1.165, 1.54) is 7.40 Å². The third kappa shape index (κ3) is 2.11. The van der Waals surface area contributed by atoms with Crippen LogP contribution in [0.1, 0.15) is 39.9 Å². The number of hydrogen-bond acceptors (Lipinski definition) is 1. The highest BCUT2D eigenvalue weighted by molar-refractivity contribution is 5.77. The Morgan fingerprint density at radius 1 is 0.882 bits per heavy atom. The topological polar surface area (TPSA) is 20.2 Å². The quantitative estimate of drug-likeness (QED) is 0.709. The van der Waals surface area contributed by atoms with Gasteiger partial charge in [-0.15, -0.1) is 0 Å². The highest BCUT2D eigenvalue weighted by Gasteiger charge is 2.25. The van der Waals surface area contributed by atoms with Crippen molar-refractivity contribution >= 4 is 0 Å². The molecule has 2 aromatic carbocycles. The molecule has 0 aliphatic heterocycles. The van der Waals surface area contributed by atoms with E-state index in [2.05, 4.69) is 12.1 Å². The average molecular weight is 229 g/mol. The molecule has 0 heterocycles. The molecule has 1 nitrogen and oxygen atoms in total. The van der Waals surface area contributed by atoms with Gasteiger partial charge in [0.2, 0.25) is 0 Å². The van der Waals surface area contributed by atoms with Crippen molar-refractivity contribution in [3.63, 3.8) is 0 Å². The first-order valence-electron chi connectivity index (χ1n) is 6.74. The van der Waals surface area contributed by atoms with Gasteiger partial charge in [-0.1, -0.05) is 69.8 Å². The molecule has 17 heavy (non-hydrogen) atoms. The Hall–Kier alpha value is -1.60. The summed E-state index contributed by atoms with van der Waals surface area (Å²) in [6.45, 7) is 4.00. The molecule has 2 aromatic rings. The van der Waals surface area contributed by atoms with Crippen molar-refractivity contribution < 1.29 is 6.48 Å². The zero-order valence-corrected chi connectivity index (χ0v) is 10.6. The van der Waals surface area contributed by atoms with Crippen LogP contribution in [0.4, 0.5) is 0 Å². The molecule has 0 spiro atoms. The fourth-order valence-electron chi connectivity index (χ4n) is 2.13. The first-order valence-corrected chi connectivity index (χ1v) is 5.74. The Labute approximate surface area is 105 Å². The van der Waals surface area contributed by atoms with Crippen molar-refractivity contribution in [3.05, 3.63) is 59.7 Å². The highest BCUT2D eigenvalue weighted by Crippen LogP contribution is 2.42. The molecule has 1 heteroatoms. The van der Waals surface area contributed by atoms with Crippen molar-refractivity contribution in [2.75, 3.05) is 0 Å². The summed E-state index contributed by atoms with van der Waals surface area (Å²) in [5.74, 6) is 0. The second-order valence-electron chi connectivity index (χ2n) is 3.58. The SMILES string of the molecule is CC.OC1c2ccccc2-c2ccccc21.[2H]C. The summed E-state index contributed by atoms with van der Waals surface area (Å²) in [4.78, 5) is 0. The number of hydrogen-bond donors (Lipinski definition) is 1. The minimum atomic E-state index is -0.442. The monoisotopic (exact) mass is 229 g/mol. The second kappa shape index (κ2) is 5.65. The van der Waals surface area contributed by atoms with Gasteiger partial charge in [0.05, 0.1) is 0 Å². The van der Waals surface area contributed by atoms with Crippen LogP contribution in [0, 0.1) is 0 Å². The molecular formula is C16H20O. The molecule has 1 aliphatic rings. The lowest BCUT2D eigenvalue weighted by molar-refractivity contribution is 0.225. The van der Waals surface area contributed by atoms with Crippen molar-refractivity contribution in [2.24, 2.45) is 0 Å². The van der Waals surface area contributed by atoms with Crippen LogP contribution in [0.25, 0.3) is 11.1 Å². The predicted molar refractivity (Wildman–Crippen MR) is 74.0 cm³/mol. The van der Waals surface area contributed by atoms with Gasteiger partial charge in [0.25, 0.3) is 0 Å². The molecule has 0 fully saturated rings. The number of benzene rings is 2. The Kier molecular flexibility index (Phi) is 3.94. The Morgan fingerprint density at radius 2 is 1.24 bits per heavy atom. The minimum absolute atomic E-state index is 0.442.